The molecular weight excluding hydrogens is 242 g/mol. The van der Waals surface area contributed by atoms with Crippen molar-refractivity contribution in [1.29, 1.82) is 0 Å². The summed E-state index contributed by atoms with van der Waals surface area (Å²) >= 11 is 6.03. The van der Waals surface area contributed by atoms with E-state index in [2.05, 4.69) is 0 Å². The number of aryl methyl sites for hydroxylation is 1. The molecule has 1 aromatic carbocycles. The molecule has 0 amide bonds. The molecule has 2 rings (SSSR count). The highest BCUT2D eigenvalue weighted by atomic mass is 35.5. The summed E-state index contributed by atoms with van der Waals surface area (Å²) in [5.74, 6) is 0.178. The van der Waals surface area contributed by atoms with Gasteiger partial charge in [0.05, 0.1) is 24.8 Å². The Bertz CT molecular complexity index is 589. The van der Waals surface area contributed by atoms with Gasteiger partial charge in [-0.05, 0) is 18.2 Å². The Labute approximate surface area is 104 Å². The minimum Gasteiger partial charge on any atom is -0.494 e. The standard InChI is InChI=1S/C12H12ClNO3/c1-14-9-5-4-8(13)11(16-2)7(9)6-10(14)12(15)17-3/h4-6H,1-3H3. The van der Waals surface area contributed by atoms with E-state index in [1.54, 1.807) is 30.9 Å². The van der Waals surface area contributed by atoms with Crippen molar-refractivity contribution in [2.45, 2.75) is 0 Å². The van der Waals surface area contributed by atoms with E-state index in [0.29, 0.717) is 16.5 Å². The summed E-state index contributed by atoms with van der Waals surface area (Å²) in [5.41, 5.74) is 1.33. The number of nitrogens with zero attached hydrogens (tertiary/aromatic N) is 1. The predicted octanol–water partition coefficient (Wildman–Crippen LogP) is 2.63. The van der Waals surface area contributed by atoms with Crippen molar-refractivity contribution >= 4 is 28.5 Å². The SMILES string of the molecule is COC(=O)c1cc2c(OC)c(Cl)ccc2n1C. The molecule has 1 heterocycles. The molecule has 0 saturated carbocycles. The zero-order valence-electron chi connectivity index (χ0n) is 9.78. The van der Waals surface area contributed by atoms with Crippen molar-refractivity contribution < 1.29 is 14.3 Å². The number of hydrogen-bond donors (Lipinski definition) is 0. The van der Waals surface area contributed by atoms with Gasteiger partial charge in [-0.1, -0.05) is 11.6 Å². The van der Waals surface area contributed by atoms with Gasteiger partial charge in [-0.3, -0.25) is 0 Å². The highest BCUT2D eigenvalue weighted by Gasteiger charge is 2.17. The average Bonchev–Trinajstić information content (AvgIpc) is 2.66. The molecule has 0 atom stereocenters. The molecule has 0 aliphatic rings. The summed E-state index contributed by atoms with van der Waals surface area (Å²) in [7, 11) is 4.69. The molecule has 5 heteroatoms. The Morgan fingerprint density at radius 3 is 2.65 bits per heavy atom. The summed E-state index contributed by atoms with van der Waals surface area (Å²) in [5, 5.41) is 1.31. The van der Waals surface area contributed by atoms with E-state index in [9.17, 15) is 4.79 Å². The largest absolute Gasteiger partial charge is 0.494 e. The molecule has 0 bridgehead atoms. The van der Waals surface area contributed by atoms with Crippen LogP contribution in [-0.4, -0.2) is 24.8 Å². The molecule has 17 heavy (non-hydrogen) atoms. The average molecular weight is 254 g/mol. The molecule has 0 fully saturated rings. The number of halogens is 1. The van der Waals surface area contributed by atoms with Crippen LogP contribution in [0.5, 0.6) is 5.75 Å². The molecular formula is C12H12ClNO3. The van der Waals surface area contributed by atoms with E-state index < -0.39 is 0 Å². The maximum absolute atomic E-state index is 11.6. The van der Waals surface area contributed by atoms with Crippen molar-refractivity contribution in [2.75, 3.05) is 14.2 Å². The Hall–Kier alpha value is -1.68. The molecule has 0 N–H and O–H groups in total. The van der Waals surface area contributed by atoms with Crippen molar-refractivity contribution in [1.82, 2.24) is 4.57 Å². The Balaban J connectivity index is 2.77. The second-order valence-corrected chi connectivity index (χ2v) is 4.00. The van der Waals surface area contributed by atoms with Crippen molar-refractivity contribution in [3.63, 3.8) is 0 Å². The molecule has 0 unspecified atom stereocenters. The van der Waals surface area contributed by atoms with Crippen molar-refractivity contribution in [2.24, 2.45) is 7.05 Å². The van der Waals surface area contributed by atoms with E-state index >= 15 is 0 Å². The van der Waals surface area contributed by atoms with Gasteiger partial charge >= 0.3 is 5.97 Å². The Kier molecular flexibility index (Phi) is 2.98. The van der Waals surface area contributed by atoms with E-state index in [4.69, 9.17) is 21.1 Å². The fourth-order valence-corrected chi connectivity index (χ4v) is 2.11. The fraction of sp³-hybridized carbons (Fsp3) is 0.250. The first-order chi connectivity index (χ1) is 8.10. The third-order valence-corrected chi connectivity index (χ3v) is 3.03. The molecule has 0 aliphatic carbocycles. The van der Waals surface area contributed by atoms with Crippen LogP contribution in [0.4, 0.5) is 0 Å². The number of hydrogen-bond acceptors (Lipinski definition) is 3. The smallest absolute Gasteiger partial charge is 0.354 e. The first-order valence-electron chi connectivity index (χ1n) is 5.00. The number of esters is 1. The third-order valence-electron chi connectivity index (χ3n) is 2.73. The van der Waals surface area contributed by atoms with Crippen LogP contribution < -0.4 is 4.74 Å². The van der Waals surface area contributed by atoms with Crippen molar-refractivity contribution in [3.05, 3.63) is 28.9 Å². The lowest BCUT2D eigenvalue weighted by Gasteiger charge is -2.05. The minimum atomic E-state index is -0.387. The van der Waals surface area contributed by atoms with Crippen LogP contribution in [-0.2, 0) is 11.8 Å². The molecule has 0 radical (unpaired) electrons. The highest BCUT2D eigenvalue weighted by molar-refractivity contribution is 6.33. The first kappa shape index (κ1) is 11.8. The Morgan fingerprint density at radius 1 is 1.35 bits per heavy atom. The number of carbonyl (C=O) groups excluding carboxylic acids is 1. The summed E-state index contributed by atoms with van der Waals surface area (Å²) in [4.78, 5) is 11.6. The zero-order valence-corrected chi connectivity index (χ0v) is 10.5. The van der Waals surface area contributed by atoms with E-state index in [-0.39, 0.29) is 5.97 Å². The lowest BCUT2D eigenvalue weighted by molar-refractivity contribution is 0.0590. The van der Waals surface area contributed by atoms with Gasteiger partial charge in [-0.15, -0.1) is 0 Å². The van der Waals surface area contributed by atoms with Gasteiger partial charge in [-0.25, -0.2) is 4.79 Å². The minimum absolute atomic E-state index is 0.387. The van der Waals surface area contributed by atoms with E-state index in [0.717, 1.165) is 10.9 Å². The second-order valence-electron chi connectivity index (χ2n) is 3.59. The maximum Gasteiger partial charge on any atom is 0.354 e. The Morgan fingerprint density at radius 2 is 2.06 bits per heavy atom. The van der Waals surface area contributed by atoms with Gasteiger partial charge in [0.25, 0.3) is 0 Å². The van der Waals surface area contributed by atoms with Gasteiger partial charge in [0, 0.05) is 12.4 Å². The third kappa shape index (κ3) is 1.74. The topological polar surface area (TPSA) is 40.5 Å². The van der Waals surface area contributed by atoms with Crippen LogP contribution in [0.15, 0.2) is 18.2 Å². The fourth-order valence-electron chi connectivity index (χ4n) is 1.87. The maximum atomic E-state index is 11.6. The summed E-state index contributed by atoms with van der Waals surface area (Å²) in [6.07, 6.45) is 0. The summed E-state index contributed by atoms with van der Waals surface area (Å²) < 4.78 is 11.7. The molecule has 0 spiro atoms. The second kappa shape index (κ2) is 4.30. The normalized spacial score (nSPS) is 10.6. The number of ether oxygens (including phenoxy) is 2. The lowest BCUT2D eigenvalue weighted by Crippen LogP contribution is -2.06. The van der Waals surface area contributed by atoms with E-state index in [1.165, 1.54) is 7.11 Å². The van der Waals surface area contributed by atoms with Crippen LogP contribution in [0.25, 0.3) is 10.9 Å². The first-order valence-corrected chi connectivity index (χ1v) is 5.38. The van der Waals surface area contributed by atoms with E-state index in [1.807, 2.05) is 6.07 Å². The predicted molar refractivity (Wildman–Crippen MR) is 65.8 cm³/mol. The summed E-state index contributed by atoms with van der Waals surface area (Å²) in [6.45, 7) is 0. The summed E-state index contributed by atoms with van der Waals surface area (Å²) in [6, 6.07) is 5.29. The number of aromatic nitrogens is 1. The van der Waals surface area contributed by atoms with Gasteiger partial charge in [-0.2, -0.15) is 0 Å². The van der Waals surface area contributed by atoms with Crippen LogP contribution >= 0.6 is 11.6 Å². The zero-order chi connectivity index (χ0) is 12.6. The number of methoxy groups -OCH3 is 2. The number of rotatable bonds is 2. The number of fused-ring (bicyclic) bond motifs is 1. The van der Waals surface area contributed by atoms with Gasteiger partial charge in [0.15, 0.2) is 0 Å². The number of benzene rings is 1. The highest BCUT2D eigenvalue weighted by Crippen LogP contribution is 2.34. The molecule has 90 valence electrons. The van der Waals surface area contributed by atoms with Gasteiger partial charge in [0.2, 0.25) is 0 Å². The molecule has 0 saturated heterocycles. The molecule has 1 aromatic heterocycles. The quantitative estimate of drug-likeness (QED) is 0.773. The van der Waals surface area contributed by atoms with Crippen LogP contribution in [0, 0.1) is 0 Å². The van der Waals surface area contributed by atoms with Gasteiger partial charge in [0.1, 0.15) is 11.4 Å². The lowest BCUT2D eigenvalue weighted by atomic mass is 10.2. The van der Waals surface area contributed by atoms with Gasteiger partial charge < -0.3 is 14.0 Å². The van der Waals surface area contributed by atoms with Crippen LogP contribution in [0.3, 0.4) is 0 Å². The van der Waals surface area contributed by atoms with Crippen LogP contribution in [0.2, 0.25) is 5.02 Å². The van der Waals surface area contributed by atoms with Crippen molar-refractivity contribution in [3.8, 4) is 5.75 Å². The molecule has 2 aromatic rings. The van der Waals surface area contributed by atoms with Crippen LogP contribution in [0.1, 0.15) is 10.5 Å². The molecule has 0 aliphatic heterocycles. The molecule has 4 nitrogen and oxygen atoms in total. The number of carbonyl (C=O) groups is 1. The monoisotopic (exact) mass is 253 g/mol.